The Bertz CT molecular complexity index is 974. The van der Waals surface area contributed by atoms with Gasteiger partial charge in [-0.1, -0.05) is 18.2 Å². The summed E-state index contributed by atoms with van der Waals surface area (Å²) >= 11 is 0. The number of nitrogens with two attached hydrogens (primary N) is 1. The number of hydrogen-bond acceptors (Lipinski definition) is 4. The summed E-state index contributed by atoms with van der Waals surface area (Å²) in [6, 6.07) is 5.74. The van der Waals surface area contributed by atoms with Gasteiger partial charge in [-0.3, -0.25) is 15.0 Å². The Morgan fingerprint density at radius 2 is 1.72 bits per heavy atom. The van der Waals surface area contributed by atoms with Gasteiger partial charge in [-0.05, 0) is 42.2 Å². The molecule has 1 aromatic rings. The zero-order valence-corrected chi connectivity index (χ0v) is 17.9. The van der Waals surface area contributed by atoms with Crippen LogP contribution in [0.4, 0.5) is 13.2 Å². The summed E-state index contributed by atoms with van der Waals surface area (Å²) in [7, 11) is 0. The molecule has 0 spiro atoms. The van der Waals surface area contributed by atoms with E-state index >= 15 is 0 Å². The second-order valence-electron chi connectivity index (χ2n) is 9.05. The zero-order chi connectivity index (χ0) is 23.2. The summed E-state index contributed by atoms with van der Waals surface area (Å²) in [5.74, 6) is -0.500. The van der Waals surface area contributed by atoms with Crippen molar-refractivity contribution in [3.63, 3.8) is 0 Å². The molecule has 1 saturated carbocycles. The monoisotopic (exact) mass is 448 g/mol. The number of amides is 2. The van der Waals surface area contributed by atoms with Gasteiger partial charge in [0.2, 0.25) is 5.91 Å². The molecule has 1 aliphatic carbocycles. The van der Waals surface area contributed by atoms with E-state index in [0.717, 1.165) is 6.07 Å². The highest BCUT2D eigenvalue weighted by Crippen LogP contribution is 2.48. The van der Waals surface area contributed by atoms with E-state index in [9.17, 15) is 22.8 Å². The van der Waals surface area contributed by atoms with Gasteiger partial charge in [0.15, 0.2) is 0 Å². The number of carbonyl (C=O) groups is 2. The molecule has 4 rings (SSSR count). The van der Waals surface area contributed by atoms with Crippen molar-refractivity contribution in [1.29, 1.82) is 5.41 Å². The first kappa shape index (κ1) is 22.4. The van der Waals surface area contributed by atoms with E-state index in [1.54, 1.807) is 21.9 Å². The van der Waals surface area contributed by atoms with Gasteiger partial charge in [0.25, 0.3) is 5.91 Å². The SMILES string of the molecule is CC(=O)N1CCC(N)=C(C(=N)C(=O)N2CC3C[C@@H](c4ccccc4C(F)(F)F)C[C@H]3C2)C1. The second-order valence-corrected chi connectivity index (χ2v) is 9.05. The number of likely N-dealkylation sites (tertiary alicyclic amines) is 1. The average molecular weight is 448 g/mol. The molecule has 2 heterocycles. The number of fused-ring (bicyclic) bond motifs is 1. The van der Waals surface area contributed by atoms with Gasteiger partial charge in [0.05, 0.1) is 5.56 Å². The fourth-order valence-electron chi connectivity index (χ4n) is 5.40. The number of benzene rings is 1. The number of alkyl halides is 3. The van der Waals surface area contributed by atoms with Crippen LogP contribution in [0.25, 0.3) is 0 Å². The third-order valence-corrected chi connectivity index (χ3v) is 7.09. The van der Waals surface area contributed by atoms with Crippen LogP contribution in [0.5, 0.6) is 0 Å². The van der Waals surface area contributed by atoms with Crippen LogP contribution in [0.1, 0.15) is 43.2 Å². The molecular weight excluding hydrogens is 421 g/mol. The van der Waals surface area contributed by atoms with Crippen molar-refractivity contribution >= 4 is 17.5 Å². The molecule has 172 valence electrons. The molecule has 0 radical (unpaired) electrons. The molecule has 3 N–H and O–H groups in total. The van der Waals surface area contributed by atoms with Crippen LogP contribution >= 0.6 is 0 Å². The van der Waals surface area contributed by atoms with Gasteiger partial charge < -0.3 is 15.5 Å². The van der Waals surface area contributed by atoms with Crippen molar-refractivity contribution in [3.05, 3.63) is 46.7 Å². The predicted molar refractivity (Wildman–Crippen MR) is 113 cm³/mol. The first-order valence-corrected chi connectivity index (χ1v) is 10.8. The standard InChI is InChI=1S/C23H27F3N4O2/c1-13(31)29-7-6-20(27)18(12-29)21(28)22(32)30-10-15-8-14(9-16(15)11-30)17-4-2-3-5-19(17)23(24,25)26/h2-5,14-16,28H,6-12,27H2,1H3/t14-,15-,16?/m0/s1. The van der Waals surface area contributed by atoms with E-state index < -0.39 is 17.6 Å². The molecule has 0 aromatic heterocycles. The molecule has 1 unspecified atom stereocenters. The number of rotatable bonds is 3. The fraction of sp³-hybridized carbons (Fsp3) is 0.522. The first-order valence-electron chi connectivity index (χ1n) is 10.8. The molecule has 1 saturated heterocycles. The topological polar surface area (TPSA) is 90.5 Å². The van der Waals surface area contributed by atoms with Crippen molar-refractivity contribution in [2.45, 2.75) is 38.3 Å². The second kappa shape index (κ2) is 8.26. The van der Waals surface area contributed by atoms with Crippen LogP contribution in [-0.4, -0.2) is 53.5 Å². The minimum atomic E-state index is -4.38. The Kier molecular flexibility index (Phi) is 5.77. The molecule has 9 heteroatoms. The highest BCUT2D eigenvalue weighted by Gasteiger charge is 2.45. The molecule has 32 heavy (non-hydrogen) atoms. The average Bonchev–Trinajstić information content (AvgIpc) is 3.31. The number of carbonyl (C=O) groups excluding carboxylic acids is 2. The van der Waals surface area contributed by atoms with Gasteiger partial charge >= 0.3 is 6.18 Å². The lowest BCUT2D eigenvalue weighted by molar-refractivity contribution is -0.138. The Labute approximate surface area is 184 Å². The summed E-state index contributed by atoms with van der Waals surface area (Å²) in [4.78, 5) is 27.9. The Hall–Kier alpha value is -2.84. The van der Waals surface area contributed by atoms with Gasteiger partial charge in [-0.2, -0.15) is 13.2 Å². The molecule has 2 amide bonds. The van der Waals surface area contributed by atoms with Crippen molar-refractivity contribution in [1.82, 2.24) is 9.80 Å². The number of nitrogens with zero attached hydrogens (tertiary/aromatic N) is 2. The van der Waals surface area contributed by atoms with E-state index in [4.69, 9.17) is 11.1 Å². The van der Waals surface area contributed by atoms with Gasteiger partial charge in [-0.15, -0.1) is 0 Å². The lowest BCUT2D eigenvalue weighted by Gasteiger charge is -2.30. The molecular formula is C23H27F3N4O2. The van der Waals surface area contributed by atoms with E-state index in [1.165, 1.54) is 13.0 Å². The summed E-state index contributed by atoms with van der Waals surface area (Å²) in [5, 5.41) is 8.40. The van der Waals surface area contributed by atoms with Gasteiger partial charge in [0.1, 0.15) is 5.71 Å². The summed E-state index contributed by atoms with van der Waals surface area (Å²) < 4.78 is 40.3. The molecule has 3 aliphatic rings. The fourth-order valence-corrected chi connectivity index (χ4v) is 5.40. The molecule has 2 fully saturated rings. The van der Waals surface area contributed by atoms with Crippen LogP contribution in [0.2, 0.25) is 0 Å². The van der Waals surface area contributed by atoms with Gasteiger partial charge in [-0.25, -0.2) is 0 Å². The van der Waals surface area contributed by atoms with Crippen LogP contribution in [-0.2, 0) is 15.8 Å². The Morgan fingerprint density at radius 3 is 2.31 bits per heavy atom. The van der Waals surface area contributed by atoms with Crippen molar-refractivity contribution in [3.8, 4) is 0 Å². The predicted octanol–water partition coefficient (Wildman–Crippen LogP) is 3.14. The largest absolute Gasteiger partial charge is 0.416 e. The van der Waals surface area contributed by atoms with Crippen LogP contribution in [0.3, 0.4) is 0 Å². The minimum Gasteiger partial charge on any atom is -0.402 e. The van der Waals surface area contributed by atoms with E-state index in [2.05, 4.69) is 0 Å². The third kappa shape index (κ3) is 4.12. The quantitative estimate of drug-likeness (QED) is 0.696. The van der Waals surface area contributed by atoms with Crippen molar-refractivity contribution in [2.75, 3.05) is 26.2 Å². The van der Waals surface area contributed by atoms with Crippen LogP contribution < -0.4 is 5.73 Å². The highest BCUT2D eigenvalue weighted by molar-refractivity contribution is 6.44. The number of halogens is 3. The third-order valence-electron chi connectivity index (χ3n) is 7.09. The lowest BCUT2D eigenvalue weighted by atomic mass is 9.91. The lowest BCUT2D eigenvalue weighted by Crippen LogP contribution is -2.43. The minimum absolute atomic E-state index is 0.115. The molecule has 3 atom stereocenters. The van der Waals surface area contributed by atoms with Crippen molar-refractivity contribution in [2.24, 2.45) is 17.6 Å². The maximum atomic E-state index is 13.4. The highest BCUT2D eigenvalue weighted by atomic mass is 19.4. The van der Waals surface area contributed by atoms with E-state index in [1.807, 2.05) is 0 Å². The summed E-state index contributed by atoms with van der Waals surface area (Å²) in [5.41, 5.74) is 6.47. The smallest absolute Gasteiger partial charge is 0.402 e. The Balaban J connectivity index is 1.43. The molecule has 6 nitrogen and oxygen atoms in total. The maximum Gasteiger partial charge on any atom is 0.416 e. The molecule has 0 bridgehead atoms. The zero-order valence-electron chi connectivity index (χ0n) is 17.9. The van der Waals surface area contributed by atoms with E-state index in [0.29, 0.717) is 55.7 Å². The van der Waals surface area contributed by atoms with Crippen LogP contribution in [0, 0.1) is 17.2 Å². The van der Waals surface area contributed by atoms with Crippen LogP contribution in [0.15, 0.2) is 35.5 Å². The normalized spacial score (nSPS) is 25.8. The maximum absolute atomic E-state index is 13.4. The Morgan fingerprint density at radius 1 is 1.09 bits per heavy atom. The van der Waals surface area contributed by atoms with E-state index in [-0.39, 0.29) is 35.9 Å². The number of nitrogens with one attached hydrogen (secondary N) is 1. The molecule has 1 aromatic carbocycles. The summed E-state index contributed by atoms with van der Waals surface area (Å²) in [6.07, 6.45) is -2.77. The number of hydrogen-bond donors (Lipinski definition) is 2. The van der Waals surface area contributed by atoms with Gasteiger partial charge in [0, 0.05) is 50.8 Å². The first-order chi connectivity index (χ1) is 15.1. The molecule has 2 aliphatic heterocycles. The van der Waals surface area contributed by atoms with Crippen molar-refractivity contribution < 1.29 is 22.8 Å². The summed E-state index contributed by atoms with van der Waals surface area (Å²) in [6.45, 7) is 2.93.